The van der Waals surface area contributed by atoms with Gasteiger partial charge in [-0.15, -0.1) is 0 Å². The highest BCUT2D eigenvalue weighted by Gasteiger charge is 2.19. The predicted octanol–water partition coefficient (Wildman–Crippen LogP) is 2.54. The average Bonchev–Trinajstić information content (AvgIpc) is 2.50. The molecule has 1 rings (SSSR count). The van der Waals surface area contributed by atoms with Crippen molar-refractivity contribution in [2.75, 3.05) is 27.4 Å². The van der Waals surface area contributed by atoms with Crippen molar-refractivity contribution in [1.29, 1.82) is 5.26 Å². The van der Waals surface area contributed by atoms with Gasteiger partial charge in [0, 0.05) is 7.11 Å². The van der Waals surface area contributed by atoms with Gasteiger partial charge in [0.05, 0.1) is 19.3 Å². The monoisotopic (exact) mass is 276 g/mol. The zero-order chi connectivity index (χ0) is 14.8. The fourth-order valence-electron chi connectivity index (χ4n) is 1.82. The van der Waals surface area contributed by atoms with Crippen LogP contribution >= 0.6 is 0 Å². The van der Waals surface area contributed by atoms with Crippen LogP contribution in [0.2, 0.25) is 0 Å². The largest absolute Gasteiger partial charge is 0.494 e. The van der Waals surface area contributed by atoms with Crippen molar-refractivity contribution in [1.82, 2.24) is 5.32 Å². The molecule has 20 heavy (non-hydrogen) atoms. The van der Waals surface area contributed by atoms with Gasteiger partial charge in [-0.3, -0.25) is 0 Å². The van der Waals surface area contributed by atoms with Crippen molar-refractivity contribution in [2.45, 2.75) is 31.7 Å². The number of hydrogen-bond donors (Lipinski definition) is 1. The Kier molecular flexibility index (Phi) is 7.06. The molecule has 1 unspecified atom stereocenters. The highest BCUT2D eigenvalue weighted by Crippen LogP contribution is 2.15. The Morgan fingerprint density at radius 1 is 1.25 bits per heavy atom. The minimum absolute atomic E-state index is 0.465. The second kappa shape index (κ2) is 8.57. The molecule has 1 atom stereocenters. The van der Waals surface area contributed by atoms with Crippen LogP contribution in [0.1, 0.15) is 25.3 Å². The van der Waals surface area contributed by atoms with Gasteiger partial charge in [-0.05, 0) is 50.9 Å². The SMILES string of the molecule is CNC(C)(C#N)CCCOc1ccc(CCOC)cc1. The van der Waals surface area contributed by atoms with E-state index < -0.39 is 5.54 Å². The Balaban J connectivity index is 2.30. The number of ether oxygens (including phenoxy) is 2. The van der Waals surface area contributed by atoms with Crippen molar-refractivity contribution < 1.29 is 9.47 Å². The van der Waals surface area contributed by atoms with Gasteiger partial charge in [0.1, 0.15) is 11.3 Å². The Morgan fingerprint density at radius 2 is 1.95 bits per heavy atom. The molecular formula is C16H24N2O2. The van der Waals surface area contributed by atoms with Gasteiger partial charge in [0.25, 0.3) is 0 Å². The molecule has 4 nitrogen and oxygen atoms in total. The summed E-state index contributed by atoms with van der Waals surface area (Å²) in [4.78, 5) is 0. The van der Waals surface area contributed by atoms with Gasteiger partial charge in [-0.1, -0.05) is 12.1 Å². The summed E-state index contributed by atoms with van der Waals surface area (Å²) >= 11 is 0. The van der Waals surface area contributed by atoms with Gasteiger partial charge in [0.2, 0.25) is 0 Å². The smallest absolute Gasteiger partial charge is 0.119 e. The topological polar surface area (TPSA) is 54.3 Å². The van der Waals surface area contributed by atoms with Crippen LogP contribution in [0.4, 0.5) is 0 Å². The molecule has 0 heterocycles. The maximum absolute atomic E-state index is 9.04. The molecule has 0 fully saturated rings. The van der Waals surface area contributed by atoms with Crippen LogP contribution in [-0.2, 0) is 11.2 Å². The molecule has 0 spiro atoms. The van der Waals surface area contributed by atoms with E-state index in [1.54, 1.807) is 7.11 Å². The summed E-state index contributed by atoms with van der Waals surface area (Å²) in [5.74, 6) is 0.870. The van der Waals surface area contributed by atoms with Crippen molar-refractivity contribution in [3.8, 4) is 11.8 Å². The zero-order valence-electron chi connectivity index (χ0n) is 12.6. The Labute approximate surface area is 121 Å². The second-order valence-electron chi connectivity index (χ2n) is 5.03. The third-order valence-electron chi connectivity index (χ3n) is 3.41. The predicted molar refractivity (Wildman–Crippen MR) is 79.8 cm³/mol. The number of methoxy groups -OCH3 is 1. The number of rotatable bonds is 9. The molecule has 0 saturated heterocycles. The van der Waals surface area contributed by atoms with E-state index in [2.05, 4.69) is 23.5 Å². The molecule has 0 saturated carbocycles. The molecule has 4 heteroatoms. The van der Waals surface area contributed by atoms with Gasteiger partial charge in [0.15, 0.2) is 0 Å². The molecule has 0 aliphatic carbocycles. The number of nitriles is 1. The molecule has 0 bridgehead atoms. The first-order chi connectivity index (χ1) is 9.63. The molecule has 0 aromatic heterocycles. The van der Waals surface area contributed by atoms with Gasteiger partial charge >= 0.3 is 0 Å². The second-order valence-corrected chi connectivity index (χ2v) is 5.03. The molecule has 1 N–H and O–H groups in total. The Bertz CT molecular complexity index is 425. The highest BCUT2D eigenvalue weighted by atomic mass is 16.5. The Hall–Kier alpha value is -1.57. The number of nitrogens with zero attached hydrogens (tertiary/aromatic N) is 1. The first-order valence-electron chi connectivity index (χ1n) is 6.94. The van der Waals surface area contributed by atoms with Crippen LogP contribution in [0.25, 0.3) is 0 Å². The standard InChI is InChI=1S/C16H24N2O2/c1-16(13-17,18-2)10-4-11-20-15-7-5-14(6-8-15)9-12-19-3/h5-8,18H,4,9-12H2,1-3H3. The van der Waals surface area contributed by atoms with E-state index in [0.717, 1.165) is 31.6 Å². The Morgan fingerprint density at radius 3 is 2.50 bits per heavy atom. The van der Waals surface area contributed by atoms with Crippen molar-refractivity contribution in [2.24, 2.45) is 0 Å². The maximum Gasteiger partial charge on any atom is 0.119 e. The third kappa shape index (κ3) is 5.60. The van der Waals surface area contributed by atoms with Gasteiger partial charge in [-0.25, -0.2) is 0 Å². The molecule has 1 aromatic rings. The third-order valence-corrected chi connectivity index (χ3v) is 3.41. The van der Waals surface area contributed by atoms with E-state index in [-0.39, 0.29) is 0 Å². The maximum atomic E-state index is 9.04. The summed E-state index contributed by atoms with van der Waals surface area (Å²) in [6, 6.07) is 10.3. The molecule has 0 aliphatic rings. The minimum Gasteiger partial charge on any atom is -0.494 e. The fraction of sp³-hybridized carbons (Fsp3) is 0.562. The molecule has 0 amide bonds. The van der Waals surface area contributed by atoms with E-state index in [1.165, 1.54) is 5.56 Å². The number of hydrogen-bond acceptors (Lipinski definition) is 4. The normalized spacial score (nSPS) is 13.5. The summed E-state index contributed by atoms with van der Waals surface area (Å²) < 4.78 is 10.7. The molecule has 0 aliphatic heterocycles. The minimum atomic E-state index is -0.465. The fourth-order valence-corrected chi connectivity index (χ4v) is 1.82. The van der Waals surface area contributed by atoms with E-state index in [4.69, 9.17) is 14.7 Å². The van der Waals surface area contributed by atoms with E-state index >= 15 is 0 Å². The van der Waals surface area contributed by atoms with Crippen molar-refractivity contribution >= 4 is 0 Å². The van der Waals surface area contributed by atoms with Crippen LogP contribution in [0.15, 0.2) is 24.3 Å². The van der Waals surface area contributed by atoms with Crippen LogP contribution < -0.4 is 10.1 Å². The first-order valence-corrected chi connectivity index (χ1v) is 6.94. The summed E-state index contributed by atoms with van der Waals surface area (Å²) in [7, 11) is 3.51. The highest BCUT2D eigenvalue weighted by molar-refractivity contribution is 5.27. The molecule has 0 radical (unpaired) electrons. The average molecular weight is 276 g/mol. The summed E-state index contributed by atoms with van der Waals surface area (Å²) in [6.45, 7) is 3.25. The lowest BCUT2D eigenvalue weighted by molar-refractivity contribution is 0.202. The lowest BCUT2D eigenvalue weighted by Crippen LogP contribution is -2.38. The lowest BCUT2D eigenvalue weighted by Gasteiger charge is -2.20. The quantitative estimate of drug-likeness (QED) is 0.704. The van der Waals surface area contributed by atoms with Crippen molar-refractivity contribution in [3.63, 3.8) is 0 Å². The van der Waals surface area contributed by atoms with Crippen LogP contribution in [0.5, 0.6) is 5.75 Å². The molecular weight excluding hydrogens is 252 g/mol. The van der Waals surface area contributed by atoms with Crippen LogP contribution in [0.3, 0.4) is 0 Å². The van der Waals surface area contributed by atoms with E-state index in [1.807, 2.05) is 26.1 Å². The number of benzene rings is 1. The number of nitrogens with one attached hydrogen (secondary N) is 1. The van der Waals surface area contributed by atoms with Gasteiger partial charge < -0.3 is 14.8 Å². The van der Waals surface area contributed by atoms with Crippen LogP contribution in [0, 0.1) is 11.3 Å². The van der Waals surface area contributed by atoms with E-state index in [9.17, 15) is 0 Å². The lowest BCUT2D eigenvalue weighted by atomic mass is 9.98. The summed E-state index contributed by atoms with van der Waals surface area (Å²) in [6.07, 6.45) is 2.53. The molecule has 1 aromatic carbocycles. The first kappa shape index (κ1) is 16.5. The van der Waals surface area contributed by atoms with E-state index in [0.29, 0.717) is 6.61 Å². The summed E-state index contributed by atoms with van der Waals surface area (Å²) in [5, 5.41) is 12.1. The van der Waals surface area contributed by atoms with Crippen LogP contribution in [-0.4, -0.2) is 32.9 Å². The summed E-state index contributed by atoms with van der Waals surface area (Å²) in [5.41, 5.74) is 0.777. The van der Waals surface area contributed by atoms with Crippen molar-refractivity contribution in [3.05, 3.63) is 29.8 Å². The zero-order valence-corrected chi connectivity index (χ0v) is 12.6. The van der Waals surface area contributed by atoms with Gasteiger partial charge in [-0.2, -0.15) is 5.26 Å². The molecule has 110 valence electrons.